The van der Waals surface area contributed by atoms with Gasteiger partial charge in [0.2, 0.25) is 5.28 Å². The summed E-state index contributed by atoms with van der Waals surface area (Å²) < 4.78 is 35.1. The molecule has 2 aromatic heterocycles. The highest BCUT2D eigenvalue weighted by Gasteiger charge is 2.47. The van der Waals surface area contributed by atoms with Gasteiger partial charge in [-0.25, -0.2) is 4.98 Å². The Kier molecular flexibility index (Phi) is 7.56. The SMILES string of the molecule is O=P(O)(O)CP(=O)(O)OC[C@H]1O[C@@H](n2cnc3c(N4CC5(CCCCC5)c5ccccc54)nc(Cl)nc32)[C@@H](O)C1O. The summed E-state index contributed by atoms with van der Waals surface area (Å²) in [6.07, 6.45) is 1.42. The minimum Gasteiger partial charge on any atom is -0.387 e. The fourth-order valence-corrected chi connectivity index (χ4v) is 9.01. The summed E-state index contributed by atoms with van der Waals surface area (Å²) in [6, 6.07) is 8.23. The average molecular weight is 630 g/mol. The van der Waals surface area contributed by atoms with Crippen LogP contribution in [0.5, 0.6) is 0 Å². The largest absolute Gasteiger partial charge is 0.387 e. The third-order valence-corrected chi connectivity index (χ3v) is 11.7. The molecule has 6 rings (SSSR count). The summed E-state index contributed by atoms with van der Waals surface area (Å²) in [6.45, 7) is 0.000919. The first-order valence-corrected chi connectivity index (χ1v) is 17.1. The minimum atomic E-state index is -4.84. The van der Waals surface area contributed by atoms with Crippen LogP contribution in [0, 0.1) is 0 Å². The van der Waals surface area contributed by atoms with Crippen LogP contribution in [0.2, 0.25) is 5.28 Å². The molecule has 1 spiro atoms. The lowest BCUT2D eigenvalue weighted by molar-refractivity contribution is -0.0483. The maximum absolute atomic E-state index is 12.1. The highest BCUT2D eigenvalue weighted by atomic mass is 35.5. The van der Waals surface area contributed by atoms with E-state index in [1.54, 1.807) is 0 Å². The Morgan fingerprint density at radius 2 is 1.80 bits per heavy atom. The molecule has 0 radical (unpaired) electrons. The van der Waals surface area contributed by atoms with E-state index in [4.69, 9.17) is 30.6 Å². The molecule has 4 heterocycles. The van der Waals surface area contributed by atoms with E-state index in [1.165, 1.54) is 22.9 Å². The number of aliphatic hydroxyl groups is 2. The van der Waals surface area contributed by atoms with Gasteiger partial charge in [-0.2, -0.15) is 9.97 Å². The summed E-state index contributed by atoms with van der Waals surface area (Å²) in [7, 11) is -9.54. The van der Waals surface area contributed by atoms with Gasteiger partial charge >= 0.3 is 15.2 Å². The van der Waals surface area contributed by atoms with E-state index in [9.17, 15) is 24.2 Å². The normalized spacial score (nSPS) is 27.4. The van der Waals surface area contributed by atoms with Crippen LogP contribution in [0.4, 0.5) is 11.5 Å². The van der Waals surface area contributed by atoms with Gasteiger partial charge in [-0.15, -0.1) is 0 Å². The Morgan fingerprint density at radius 3 is 2.54 bits per heavy atom. The maximum Gasteiger partial charge on any atom is 0.340 e. The fourth-order valence-electron chi connectivity index (χ4n) is 6.29. The first kappa shape index (κ1) is 29.1. The maximum atomic E-state index is 12.1. The third-order valence-electron chi connectivity index (χ3n) is 8.08. The van der Waals surface area contributed by atoms with Crippen LogP contribution in [0.1, 0.15) is 43.9 Å². The molecular weight excluding hydrogens is 600 g/mol. The zero-order chi connectivity index (χ0) is 29.2. The second-order valence-electron chi connectivity index (χ2n) is 10.9. The molecular formula is C24H30ClN5O9P2. The molecule has 17 heteroatoms. The number of ether oxygens (including phenoxy) is 1. The topological polar surface area (TPSA) is 201 Å². The van der Waals surface area contributed by atoms with Crippen LogP contribution >= 0.6 is 26.8 Å². The number of fused-ring (bicyclic) bond motifs is 3. The van der Waals surface area contributed by atoms with Gasteiger partial charge in [-0.1, -0.05) is 37.5 Å². The molecule has 1 aliphatic carbocycles. The molecule has 2 unspecified atom stereocenters. The Bertz CT molecular complexity index is 1560. The molecule has 2 aliphatic heterocycles. The number of hydrogen-bond donors (Lipinski definition) is 5. The molecule has 14 nitrogen and oxygen atoms in total. The van der Waals surface area contributed by atoms with Crippen molar-refractivity contribution in [3.05, 3.63) is 41.4 Å². The monoisotopic (exact) mass is 629 g/mol. The van der Waals surface area contributed by atoms with Crippen LogP contribution in [-0.2, 0) is 23.8 Å². The number of aliphatic hydroxyl groups excluding tert-OH is 2. The molecule has 5 N–H and O–H groups in total. The van der Waals surface area contributed by atoms with Crippen molar-refractivity contribution >= 4 is 49.5 Å². The molecule has 1 saturated heterocycles. The predicted octanol–water partition coefficient (Wildman–Crippen LogP) is 2.79. The highest BCUT2D eigenvalue weighted by Crippen LogP contribution is 2.56. The Morgan fingerprint density at radius 1 is 1.07 bits per heavy atom. The number of hydrogen-bond acceptors (Lipinski definition) is 10. The summed E-state index contributed by atoms with van der Waals surface area (Å²) in [5.41, 5.74) is 2.93. The van der Waals surface area contributed by atoms with E-state index in [1.807, 2.05) is 12.1 Å². The quantitative estimate of drug-likeness (QED) is 0.189. The van der Waals surface area contributed by atoms with Gasteiger partial charge < -0.3 is 39.1 Å². The van der Waals surface area contributed by atoms with Gasteiger partial charge in [-0.05, 0) is 36.1 Å². The summed E-state index contributed by atoms with van der Waals surface area (Å²) in [5.74, 6) is -0.889. The lowest BCUT2D eigenvalue weighted by Gasteiger charge is -2.34. The molecule has 0 amide bonds. The van der Waals surface area contributed by atoms with E-state index < -0.39 is 52.2 Å². The predicted molar refractivity (Wildman–Crippen MR) is 147 cm³/mol. The van der Waals surface area contributed by atoms with Gasteiger partial charge in [-0.3, -0.25) is 13.7 Å². The average Bonchev–Trinajstić information content (AvgIpc) is 3.55. The van der Waals surface area contributed by atoms with Crippen molar-refractivity contribution in [1.29, 1.82) is 0 Å². The molecule has 2 fully saturated rings. The molecule has 5 atom stereocenters. The van der Waals surface area contributed by atoms with E-state index in [-0.39, 0.29) is 16.3 Å². The second-order valence-corrected chi connectivity index (χ2v) is 15.2. The third kappa shape index (κ3) is 5.47. The number of imidazole rings is 1. The number of rotatable bonds is 7. The number of anilines is 2. The Balaban J connectivity index is 1.30. The van der Waals surface area contributed by atoms with Crippen molar-refractivity contribution in [2.45, 2.75) is 62.1 Å². The molecule has 3 aromatic rings. The van der Waals surface area contributed by atoms with Gasteiger partial charge in [0.25, 0.3) is 0 Å². The van der Waals surface area contributed by atoms with Crippen molar-refractivity contribution in [3.63, 3.8) is 0 Å². The number of halogens is 1. The molecule has 3 aliphatic rings. The van der Waals surface area contributed by atoms with Crippen LogP contribution in [-0.4, -0.2) is 81.8 Å². The Hall–Kier alpha value is -1.96. The highest BCUT2D eigenvalue weighted by molar-refractivity contribution is 7.70. The van der Waals surface area contributed by atoms with Crippen molar-refractivity contribution in [2.24, 2.45) is 0 Å². The van der Waals surface area contributed by atoms with Crippen molar-refractivity contribution in [3.8, 4) is 0 Å². The summed E-state index contributed by atoms with van der Waals surface area (Å²) in [4.78, 5) is 43.3. The van der Waals surface area contributed by atoms with Crippen molar-refractivity contribution < 1.29 is 43.3 Å². The number of aromatic nitrogens is 4. The van der Waals surface area contributed by atoms with E-state index >= 15 is 0 Å². The van der Waals surface area contributed by atoms with E-state index in [0.717, 1.165) is 31.4 Å². The summed E-state index contributed by atoms with van der Waals surface area (Å²) in [5, 5.41) is 21.3. The number of benzene rings is 1. The lowest BCUT2D eigenvalue weighted by atomic mass is 9.71. The lowest BCUT2D eigenvalue weighted by Crippen LogP contribution is -2.34. The molecule has 1 saturated carbocycles. The Labute approximate surface area is 239 Å². The standard InChI is InChI=1S/C24H30ClN5O9P2/c25-23-27-20(29-11-24(8-4-1-5-9-24)14-6-2-3-7-15(14)29)17-21(28-23)30(12-26-17)22-19(32)18(31)16(39-22)10-38-41(36,37)13-40(33,34)35/h2-3,6-7,12,16,18-19,22,31-32H,1,4-5,8-11,13H2,(H,36,37)(H2,33,34,35)/t16-,18?,19+,22-/m1/s1. The van der Waals surface area contributed by atoms with Crippen LogP contribution in [0.15, 0.2) is 30.6 Å². The van der Waals surface area contributed by atoms with Gasteiger partial charge in [0.15, 0.2) is 29.1 Å². The van der Waals surface area contributed by atoms with Gasteiger partial charge in [0.1, 0.15) is 18.3 Å². The van der Waals surface area contributed by atoms with E-state index in [0.29, 0.717) is 17.9 Å². The smallest absolute Gasteiger partial charge is 0.340 e. The van der Waals surface area contributed by atoms with Crippen LogP contribution < -0.4 is 4.90 Å². The fraction of sp³-hybridized carbons (Fsp3) is 0.542. The second kappa shape index (κ2) is 10.6. The van der Waals surface area contributed by atoms with Crippen LogP contribution in [0.25, 0.3) is 11.2 Å². The van der Waals surface area contributed by atoms with Gasteiger partial charge in [0, 0.05) is 17.6 Å². The minimum absolute atomic E-state index is 0.00478. The zero-order valence-corrected chi connectivity index (χ0v) is 24.3. The van der Waals surface area contributed by atoms with Crippen LogP contribution in [0.3, 0.4) is 0 Å². The first-order chi connectivity index (χ1) is 19.4. The molecule has 0 bridgehead atoms. The molecule has 41 heavy (non-hydrogen) atoms. The summed E-state index contributed by atoms with van der Waals surface area (Å²) >= 11 is 6.40. The van der Waals surface area contributed by atoms with Crippen molar-refractivity contribution in [1.82, 2.24) is 19.5 Å². The number of para-hydroxylation sites is 1. The van der Waals surface area contributed by atoms with Crippen molar-refractivity contribution in [2.75, 3.05) is 24.0 Å². The first-order valence-electron chi connectivity index (χ1n) is 13.2. The zero-order valence-electron chi connectivity index (χ0n) is 21.7. The number of nitrogens with zero attached hydrogens (tertiary/aromatic N) is 5. The van der Waals surface area contributed by atoms with E-state index in [2.05, 4.69) is 32.0 Å². The van der Waals surface area contributed by atoms with Gasteiger partial charge in [0.05, 0.1) is 12.9 Å². The molecule has 222 valence electrons. The molecule has 1 aromatic carbocycles.